The van der Waals surface area contributed by atoms with E-state index in [-0.39, 0.29) is 18.0 Å². The first kappa shape index (κ1) is 11.7. The second-order valence-electron chi connectivity index (χ2n) is 4.21. The van der Waals surface area contributed by atoms with Gasteiger partial charge < -0.3 is 20.3 Å². The van der Waals surface area contributed by atoms with Crippen molar-refractivity contribution in [1.82, 2.24) is 9.47 Å². The van der Waals surface area contributed by atoms with Crippen LogP contribution in [-0.2, 0) is 11.3 Å². The maximum atomic E-state index is 11.8. The van der Waals surface area contributed by atoms with Crippen LogP contribution in [0.1, 0.15) is 6.42 Å². The number of aromatic nitrogens is 1. The monoisotopic (exact) mass is 237 g/mol. The van der Waals surface area contributed by atoms with E-state index in [1.807, 2.05) is 0 Å². The van der Waals surface area contributed by atoms with Crippen molar-refractivity contribution in [2.75, 3.05) is 18.8 Å². The minimum absolute atomic E-state index is 0.0312. The topological polar surface area (TPSA) is 88.6 Å². The van der Waals surface area contributed by atoms with Crippen LogP contribution in [0.25, 0.3) is 0 Å². The second-order valence-corrected chi connectivity index (χ2v) is 4.21. The lowest BCUT2D eigenvalue weighted by Crippen LogP contribution is -2.35. The zero-order chi connectivity index (χ0) is 12.4. The largest absolute Gasteiger partial charge is 0.398 e. The normalized spacial score (nSPS) is 19.6. The van der Waals surface area contributed by atoms with Gasteiger partial charge >= 0.3 is 0 Å². The van der Waals surface area contributed by atoms with Crippen LogP contribution in [-0.4, -0.2) is 39.7 Å². The molecule has 6 heteroatoms. The van der Waals surface area contributed by atoms with Crippen molar-refractivity contribution >= 4 is 11.6 Å². The molecular weight excluding hydrogens is 222 g/mol. The summed E-state index contributed by atoms with van der Waals surface area (Å²) < 4.78 is 1.28. The lowest BCUT2D eigenvalue weighted by Gasteiger charge is -2.16. The summed E-state index contributed by atoms with van der Waals surface area (Å²) in [5.74, 6) is -0.172. The van der Waals surface area contributed by atoms with Gasteiger partial charge in [0.1, 0.15) is 6.54 Å². The van der Waals surface area contributed by atoms with E-state index < -0.39 is 6.10 Å². The maximum absolute atomic E-state index is 11.8. The Hall–Kier alpha value is -1.82. The molecule has 1 unspecified atom stereocenters. The number of carbonyl (C=O) groups is 1. The van der Waals surface area contributed by atoms with Crippen molar-refractivity contribution in [2.45, 2.75) is 19.1 Å². The number of pyridine rings is 1. The van der Waals surface area contributed by atoms with Crippen LogP contribution < -0.4 is 11.3 Å². The molecule has 2 rings (SSSR count). The summed E-state index contributed by atoms with van der Waals surface area (Å²) in [6, 6.07) is 2.84. The lowest BCUT2D eigenvalue weighted by molar-refractivity contribution is -0.131. The van der Waals surface area contributed by atoms with E-state index in [4.69, 9.17) is 5.73 Å². The molecule has 0 aliphatic carbocycles. The molecule has 1 aromatic rings. The van der Waals surface area contributed by atoms with E-state index in [2.05, 4.69) is 0 Å². The molecule has 0 radical (unpaired) electrons. The van der Waals surface area contributed by atoms with Crippen molar-refractivity contribution in [1.29, 1.82) is 0 Å². The first-order valence-electron chi connectivity index (χ1n) is 5.48. The molecule has 2 heterocycles. The van der Waals surface area contributed by atoms with Gasteiger partial charge in [0.2, 0.25) is 5.91 Å². The van der Waals surface area contributed by atoms with Crippen molar-refractivity contribution in [3.05, 3.63) is 28.7 Å². The Kier molecular flexibility index (Phi) is 3.14. The van der Waals surface area contributed by atoms with Gasteiger partial charge in [-0.25, -0.2) is 0 Å². The summed E-state index contributed by atoms with van der Waals surface area (Å²) in [5, 5.41) is 9.33. The van der Waals surface area contributed by atoms with Gasteiger partial charge in [0.25, 0.3) is 5.56 Å². The molecule has 1 atom stereocenters. The summed E-state index contributed by atoms with van der Waals surface area (Å²) >= 11 is 0. The number of amides is 1. The smallest absolute Gasteiger partial charge is 0.251 e. The highest BCUT2D eigenvalue weighted by atomic mass is 16.3. The fraction of sp³-hybridized carbons (Fsp3) is 0.455. The minimum Gasteiger partial charge on any atom is -0.398 e. The van der Waals surface area contributed by atoms with Gasteiger partial charge in [0, 0.05) is 31.0 Å². The maximum Gasteiger partial charge on any atom is 0.251 e. The fourth-order valence-corrected chi connectivity index (χ4v) is 1.89. The molecule has 0 bridgehead atoms. The predicted octanol–water partition coefficient (Wildman–Crippen LogP) is -0.976. The SMILES string of the molecule is Nc1ccc(=O)n(CC(=O)N2CCC(O)C2)c1. The summed E-state index contributed by atoms with van der Waals surface area (Å²) in [5.41, 5.74) is 5.74. The number of nitrogens with two attached hydrogens (primary N) is 1. The summed E-state index contributed by atoms with van der Waals surface area (Å²) in [4.78, 5) is 24.9. The average molecular weight is 237 g/mol. The van der Waals surface area contributed by atoms with Crippen LogP contribution in [0.15, 0.2) is 23.1 Å². The van der Waals surface area contributed by atoms with E-state index in [9.17, 15) is 14.7 Å². The number of nitrogens with zero attached hydrogens (tertiary/aromatic N) is 2. The van der Waals surface area contributed by atoms with Crippen molar-refractivity contribution in [3.63, 3.8) is 0 Å². The first-order valence-corrected chi connectivity index (χ1v) is 5.48. The molecule has 92 valence electrons. The average Bonchev–Trinajstić information content (AvgIpc) is 2.70. The molecule has 17 heavy (non-hydrogen) atoms. The number of likely N-dealkylation sites (tertiary alicyclic amines) is 1. The minimum atomic E-state index is -0.448. The number of aliphatic hydroxyl groups excluding tert-OH is 1. The molecule has 1 aliphatic heterocycles. The molecule has 1 aliphatic rings. The van der Waals surface area contributed by atoms with Crippen molar-refractivity contribution < 1.29 is 9.90 Å². The molecule has 6 nitrogen and oxygen atoms in total. The number of hydrogen-bond donors (Lipinski definition) is 2. The van der Waals surface area contributed by atoms with Crippen molar-refractivity contribution in [2.24, 2.45) is 0 Å². The van der Waals surface area contributed by atoms with E-state index in [0.29, 0.717) is 25.2 Å². The van der Waals surface area contributed by atoms with Crippen LogP contribution >= 0.6 is 0 Å². The quantitative estimate of drug-likeness (QED) is 0.692. The highest BCUT2D eigenvalue weighted by molar-refractivity contribution is 5.76. The van der Waals surface area contributed by atoms with Gasteiger partial charge in [-0.3, -0.25) is 9.59 Å². The molecule has 1 saturated heterocycles. The Labute approximate surface area is 98.3 Å². The fourth-order valence-electron chi connectivity index (χ4n) is 1.89. The molecule has 0 aromatic carbocycles. The number of anilines is 1. The van der Waals surface area contributed by atoms with Gasteiger partial charge in [-0.2, -0.15) is 0 Å². The van der Waals surface area contributed by atoms with Crippen LogP contribution in [0.2, 0.25) is 0 Å². The zero-order valence-electron chi connectivity index (χ0n) is 9.37. The van der Waals surface area contributed by atoms with Gasteiger partial charge in [0.05, 0.1) is 6.10 Å². The Bertz CT molecular complexity index is 483. The third kappa shape index (κ3) is 2.65. The highest BCUT2D eigenvalue weighted by Crippen LogP contribution is 2.09. The summed E-state index contributed by atoms with van der Waals surface area (Å²) in [7, 11) is 0. The van der Waals surface area contributed by atoms with Crippen LogP contribution in [0, 0.1) is 0 Å². The number of carbonyl (C=O) groups excluding carboxylic acids is 1. The molecule has 1 amide bonds. The molecule has 0 spiro atoms. The molecule has 0 saturated carbocycles. The molecule has 1 aromatic heterocycles. The van der Waals surface area contributed by atoms with E-state index in [1.54, 1.807) is 4.90 Å². The third-order valence-corrected chi connectivity index (χ3v) is 2.83. The molecule has 1 fully saturated rings. The van der Waals surface area contributed by atoms with Gasteiger partial charge in [0.15, 0.2) is 0 Å². The standard InChI is InChI=1S/C11H15N3O3/c12-8-1-2-10(16)14(5-8)7-11(17)13-4-3-9(15)6-13/h1-2,5,9,15H,3-4,6-7,12H2. The number of aliphatic hydroxyl groups is 1. The van der Waals surface area contributed by atoms with Gasteiger partial charge in [-0.1, -0.05) is 0 Å². The number of β-amino-alcohol motifs (C(OH)–C–C–N with tert-alkyl or cyclic N) is 1. The van der Waals surface area contributed by atoms with E-state index >= 15 is 0 Å². The Morgan fingerprint density at radius 3 is 2.94 bits per heavy atom. The number of nitrogen functional groups attached to an aromatic ring is 1. The number of hydrogen-bond acceptors (Lipinski definition) is 4. The highest BCUT2D eigenvalue weighted by Gasteiger charge is 2.24. The van der Waals surface area contributed by atoms with E-state index in [0.717, 1.165) is 0 Å². The second kappa shape index (κ2) is 4.58. The van der Waals surface area contributed by atoms with Crippen molar-refractivity contribution in [3.8, 4) is 0 Å². The van der Waals surface area contributed by atoms with Gasteiger partial charge in [-0.15, -0.1) is 0 Å². The summed E-state index contributed by atoms with van der Waals surface area (Å²) in [6.07, 6.45) is 1.60. The Morgan fingerprint density at radius 2 is 2.29 bits per heavy atom. The number of rotatable bonds is 2. The van der Waals surface area contributed by atoms with Gasteiger partial charge in [-0.05, 0) is 12.5 Å². The summed E-state index contributed by atoms with van der Waals surface area (Å²) in [6.45, 7) is 0.851. The first-order chi connectivity index (χ1) is 8.06. The van der Waals surface area contributed by atoms with Crippen LogP contribution in [0.5, 0.6) is 0 Å². The van der Waals surface area contributed by atoms with Crippen LogP contribution in [0.3, 0.4) is 0 Å². The zero-order valence-corrected chi connectivity index (χ0v) is 9.37. The predicted molar refractivity (Wildman–Crippen MR) is 62.3 cm³/mol. The Balaban J connectivity index is 2.08. The van der Waals surface area contributed by atoms with Crippen LogP contribution in [0.4, 0.5) is 5.69 Å². The lowest BCUT2D eigenvalue weighted by atomic mass is 10.3. The molecule has 3 N–H and O–H groups in total. The third-order valence-electron chi connectivity index (χ3n) is 2.83. The van der Waals surface area contributed by atoms with E-state index in [1.165, 1.54) is 22.9 Å². The Morgan fingerprint density at radius 1 is 1.53 bits per heavy atom. The molecular formula is C11H15N3O3.